The Bertz CT molecular complexity index is 897. The van der Waals surface area contributed by atoms with Crippen molar-refractivity contribution in [1.82, 2.24) is 14.7 Å². The fraction of sp³-hybridized carbons (Fsp3) is 0.368. The predicted octanol–water partition coefficient (Wildman–Crippen LogP) is 1.71. The SMILES string of the molecule is Cc1nn(-c2ccccc2)c(Cl)c1C(=O)OCC(=O)N1CCC[C@H](C(N)=O)C1. The zero-order valence-corrected chi connectivity index (χ0v) is 16.2. The monoisotopic (exact) mass is 404 g/mol. The summed E-state index contributed by atoms with van der Waals surface area (Å²) < 4.78 is 6.61. The summed E-state index contributed by atoms with van der Waals surface area (Å²) in [5, 5.41) is 4.40. The van der Waals surface area contributed by atoms with E-state index in [1.54, 1.807) is 6.92 Å². The maximum Gasteiger partial charge on any atom is 0.343 e. The van der Waals surface area contributed by atoms with Gasteiger partial charge in [0.15, 0.2) is 6.61 Å². The van der Waals surface area contributed by atoms with Crippen molar-refractivity contribution in [2.24, 2.45) is 11.7 Å². The number of hydrogen-bond donors (Lipinski definition) is 1. The molecule has 0 saturated carbocycles. The minimum atomic E-state index is -0.721. The number of aryl methyl sites for hydroxylation is 1. The lowest BCUT2D eigenvalue weighted by atomic mass is 9.97. The molecule has 0 unspecified atom stereocenters. The summed E-state index contributed by atoms with van der Waals surface area (Å²) >= 11 is 6.33. The van der Waals surface area contributed by atoms with Gasteiger partial charge in [0.2, 0.25) is 5.91 Å². The van der Waals surface area contributed by atoms with Crippen LogP contribution in [0.2, 0.25) is 5.15 Å². The van der Waals surface area contributed by atoms with Gasteiger partial charge < -0.3 is 15.4 Å². The molecule has 3 rings (SSSR count). The fourth-order valence-electron chi connectivity index (χ4n) is 3.20. The lowest BCUT2D eigenvalue weighted by Gasteiger charge is -2.31. The number of nitrogens with zero attached hydrogens (tertiary/aromatic N) is 3. The van der Waals surface area contributed by atoms with E-state index < -0.39 is 18.5 Å². The number of carbonyl (C=O) groups excluding carboxylic acids is 3. The molecule has 1 fully saturated rings. The summed E-state index contributed by atoms with van der Waals surface area (Å²) in [7, 11) is 0. The second-order valence-corrected chi connectivity index (χ2v) is 7.01. The Hall–Kier alpha value is -2.87. The van der Waals surface area contributed by atoms with Gasteiger partial charge in [-0.25, -0.2) is 9.48 Å². The predicted molar refractivity (Wildman–Crippen MR) is 102 cm³/mol. The third-order valence-corrected chi connectivity index (χ3v) is 5.06. The Kier molecular flexibility index (Phi) is 5.99. The first-order valence-electron chi connectivity index (χ1n) is 8.93. The number of rotatable bonds is 5. The zero-order valence-electron chi connectivity index (χ0n) is 15.4. The van der Waals surface area contributed by atoms with Crippen LogP contribution in [0.25, 0.3) is 5.69 Å². The largest absolute Gasteiger partial charge is 0.452 e. The lowest BCUT2D eigenvalue weighted by molar-refractivity contribution is -0.137. The highest BCUT2D eigenvalue weighted by molar-refractivity contribution is 6.33. The molecule has 8 nitrogen and oxygen atoms in total. The number of aromatic nitrogens is 2. The van der Waals surface area contributed by atoms with Gasteiger partial charge in [0.05, 0.1) is 17.3 Å². The summed E-state index contributed by atoms with van der Waals surface area (Å²) in [5.74, 6) is -1.88. The number of benzene rings is 1. The minimum absolute atomic E-state index is 0.118. The first-order valence-corrected chi connectivity index (χ1v) is 9.31. The molecule has 9 heteroatoms. The molecule has 0 spiro atoms. The molecule has 1 aromatic carbocycles. The van der Waals surface area contributed by atoms with Crippen LogP contribution < -0.4 is 5.73 Å². The minimum Gasteiger partial charge on any atom is -0.452 e. The van der Waals surface area contributed by atoms with E-state index in [0.717, 1.165) is 0 Å². The van der Waals surface area contributed by atoms with Gasteiger partial charge in [-0.3, -0.25) is 9.59 Å². The van der Waals surface area contributed by atoms with Crippen molar-refractivity contribution >= 4 is 29.4 Å². The second-order valence-electron chi connectivity index (χ2n) is 6.66. The third kappa shape index (κ3) is 4.17. The molecule has 1 atom stereocenters. The van der Waals surface area contributed by atoms with Crippen molar-refractivity contribution in [3.8, 4) is 5.69 Å². The number of hydrogen-bond acceptors (Lipinski definition) is 5. The van der Waals surface area contributed by atoms with Gasteiger partial charge in [-0.2, -0.15) is 5.10 Å². The van der Waals surface area contributed by atoms with E-state index in [-0.39, 0.29) is 29.1 Å². The van der Waals surface area contributed by atoms with Crippen molar-refractivity contribution in [3.05, 3.63) is 46.7 Å². The van der Waals surface area contributed by atoms with Crippen molar-refractivity contribution < 1.29 is 19.1 Å². The maximum absolute atomic E-state index is 12.5. The van der Waals surface area contributed by atoms with Crippen molar-refractivity contribution in [2.75, 3.05) is 19.7 Å². The molecule has 148 valence electrons. The van der Waals surface area contributed by atoms with Crippen LogP contribution in [0.1, 0.15) is 28.9 Å². The number of carbonyl (C=O) groups is 3. The Balaban J connectivity index is 1.66. The number of ether oxygens (including phenoxy) is 1. The van der Waals surface area contributed by atoms with Crippen molar-refractivity contribution in [1.29, 1.82) is 0 Å². The molecule has 1 aliphatic heterocycles. The highest BCUT2D eigenvalue weighted by Gasteiger charge is 2.28. The summed E-state index contributed by atoms with van der Waals surface area (Å²) in [6.07, 6.45) is 1.34. The summed E-state index contributed by atoms with van der Waals surface area (Å²) in [6.45, 7) is 1.96. The topological polar surface area (TPSA) is 108 Å². The molecular weight excluding hydrogens is 384 g/mol. The molecule has 2 heterocycles. The van der Waals surface area contributed by atoms with Gasteiger partial charge in [-0.15, -0.1) is 0 Å². The number of amides is 2. The Morgan fingerprint density at radius 1 is 1.29 bits per heavy atom. The smallest absolute Gasteiger partial charge is 0.343 e. The van der Waals surface area contributed by atoms with Crippen LogP contribution in [-0.4, -0.2) is 52.2 Å². The Labute approximate surface area is 167 Å². The molecule has 2 aromatic rings. The first-order chi connectivity index (χ1) is 13.4. The zero-order chi connectivity index (χ0) is 20.3. The van der Waals surface area contributed by atoms with Gasteiger partial charge in [0, 0.05) is 13.1 Å². The first kappa shape index (κ1) is 19.9. The Morgan fingerprint density at radius 3 is 2.68 bits per heavy atom. The van der Waals surface area contributed by atoms with Crippen LogP contribution in [0.5, 0.6) is 0 Å². The quantitative estimate of drug-likeness (QED) is 0.763. The molecule has 1 aliphatic rings. The van der Waals surface area contributed by atoms with Crippen LogP contribution >= 0.6 is 11.6 Å². The van der Waals surface area contributed by atoms with E-state index in [2.05, 4.69) is 5.10 Å². The molecule has 2 amide bonds. The number of nitrogens with two attached hydrogens (primary N) is 1. The average Bonchev–Trinajstić information content (AvgIpc) is 3.00. The van der Waals surface area contributed by atoms with E-state index >= 15 is 0 Å². The Morgan fingerprint density at radius 2 is 2.00 bits per heavy atom. The van der Waals surface area contributed by atoms with Crippen molar-refractivity contribution in [3.63, 3.8) is 0 Å². The molecule has 1 aromatic heterocycles. The van der Waals surface area contributed by atoms with Crippen LogP contribution in [0.4, 0.5) is 0 Å². The van der Waals surface area contributed by atoms with Crippen LogP contribution in [-0.2, 0) is 14.3 Å². The standard InChI is InChI=1S/C19H21ClN4O4/c1-12-16(17(20)24(22-12)14-7-3-2-4-8-14)19(27)28-11-15(25)23-9-5-6-13(10-23)18(21)26/h2-4,7-8,13H,5-6,9-11H2,1H3,(H2,21,26)/t13-/m0/s1. The normalized spacial score (nSPS) is 16.6. The molecule has 28 heavy (non-hydrogen) atoms. The summed E-state index contributed by atoms with van der Waals surface area (Å²) in [6, 6.07) is 9.14. The van der Waals surface area contributed by atoms with Crippen LogP contribution in [0.3, 0.4) is 0 Å². The van der Waals surface area contributed by atoms with Gasteiger partial charge >= 0.3 is 5.97 Å². The summed E-state index contributed by atoms with van der Waals surface area (Å²) in [4.78, 5) is 37.7. The van der Waals surface area contributed by atoms with E-state index in [0.29, 0.717) is 30.8 Å². The fourth-order valence-corrected chi connectivity index (χ4v) is 3.55. The second kappa shape index (κ2) is 8.43. The van der Waals surface area contributed by atoms with E-state index in [1.807, 2.05) is 30.3 Å². The van der Waals surface area contributed by atoms with Gasteiger partial charge in [0.1, 0.15) is 10.7 Å². The van der Waals surface area contributed by atoms with E-state index in [9.17, 15) is 14.4 Å². The number of esters is 1. The van der Waals surface area contributed by atoms with Crippen LogP contribution in [0.15, 0.2) is 30.3 Å². The van der Waals surface area contributed by atoms with E-state index in [1.165, 1.54) is 9.58 Å². The van der Waals surface area contributed by atoms with Gasteiger partial charge in [-0.1, -0.05) is 29.8 Å². The lowest BCUT2D eigenvalue weighted by Crippen LogP contribution is -2.45. The molecular formula is C19H21ClN4O4. The highest BCUT2D eigenvalue weighted by atomic mass is 35.5. The van der Waals surface area contributed by atoms with Crippen molar-refractivity contribution in [2.45, 2.75) is 19.8 Å². The number of primary amides is 1. The van der Waals surface area contributed by atoms with Gasteiger partial charge in [-0.05, 0) is 31.9 Å². The molecule has 2 N–H and O–H groups in total. The van der Waals surface area contributed by atoms with Gasteiger partial charge in [0.25, 0.3) is 5.91 Å². The van der Waals surface area contributed by atoms with E-state index in [4.69, 9.17) is 22.1 Å². The van der Waals surface area contributed by atoms with Crippen LogP contribution in [0, 0.1) is 12.8 Å². The number of halogens is 1. The number of para-hydroxylation sites is 1. The number of likely N-dealkylation sites (tertiary alicyclic amines) is 1. The molecule has 0 bridgehead atoms. The maximum atomic E-state index is 12.5. The summed E-state index contributed by atoms with van der Waals surface area (Å²) in [5.41, 5.74) is 6.55. The average molecular weight is 405 g/mol. The third-order valence-electron chi connectivity index (χ3n) is 4.71. The molecule has 0 radical (unpaired) electrons. The highest BCUT2D eigenvalue weighted by Crippen LogP contribution is 2.24. The molecule has 0 aliphatic carbocycles. The number of piperidine rings is 1. The molecule has 1 saturated heterocycles.